The molecule has 0 fully saturated rings. The zero-order valence-electron chi connectivity index (χ0n) is 13.1. The van der Waals surface area contributed by atoms with Crippen molar-refractivity contribution in [2.24, 2.45) is 0 Å². The highest BCUT2D eigenvalue weighted by Gasteiger charge is 2.25. The van der Waals surface area contributed by atoms with Crippen molar-refractivity contribution in [2.45, 2.75) is 20.4 Å². The summed E-state index contributed by atoms with van der Waals surface area (Å²) in [4.78, 5) is 8.38. The molecule has 2 aliphatic heterocycles. The van der Waals surface area contributed by atoms with Crippen molar-refractivity contribution in [3.63, 3.8) is 0 Å². The van der Waals surface area contributed by atoms with Crippen molar-refractivity contribution in [1.29, 1.82) is 0 Å². The van der Waals surface area contributed by atoms with Gasteiger partial charge in [-0.25, -0.2) is 4.68 Å². The van der Waals surface area contributed by atoms with Crippen LogP contribution in [0, 0.1) is 0 Å². The van der Waals surface area contributed by atoms with Gasteiger partial charge in [-0.05, 0) is 41.2 Å². The molecular weight excluding hydrogens is 376 g/mol. The molecule has 0 radical (unpaired) electrons. The maximum Gasteiger partial charge on any atom is 0.0962 e. The first-order valence-corrected chi connectivity index (χ1v) is 10.6. The number of pyridine rings is 1. The number of nitrogens with zero attached hydrogens (tertiary/aromatic N) is 4. The van der Waals surface area contributed by atoms with Gasteiger partial charge in [0.15, 0.2) is 0 Å². The van der Waals surface area contributed by atoms with Crippen LogP contribution < -0.4 is 0 Å². The Kier molecular flexibility index (Phi) is 4.80. The van der Waals surface area contributed by atoms with E-state index in [1.54, 1.807) is 18.0 Å². The van der Waals surface area contributed by atoms with Gasteiger partial charge < -0.3 is 0 Å². The molecule has 0 saturated carbocycles. The highest BCUT2D eigenvalue weighted by atomic mass is 32.2. The maximum atomic E-state index is 4.37. The topological polar surface area (TPSA) is 43.6 Å². The third-order valence-corrected chi connectivity index (χ3v) is 9.08. The zero-order valence-corrected chi connectivity index (χ0v) is 16.4. The summed E-state index contributed by atoms with van der Waals surface area (Å²) < 4.78 is 4.65. The number of allylic oxidation sites excluding steroid dienone is 2. The van der Waals surface area contributed by atoms with Gasteiger partial charge in [-0.2, -0.15) is 0 Å². The minimum atomic E-state index is 0.633. The van der Waals surface area contributed by atoms with Crippen LogP contribution in [0.2, 0.25) is 0 Å². The molecule has 4 rings (SSSR count). The molecule has 24 heavy (non-hydrogen) atoms. The van der Waals surface area contributed by atoms with Crippen LogP contribution >= 0.6 is 47.0 Å². The van der Waals surface area contributed by atoms with Gasteiger partial charge in [0.05, 0.1) is 32.6 Å². The van der Waals surface area contributed by atoms with E-state index in [-0.39, 0.29) is 0 Å². The second-order valence-corrected chi connectivity index (χ2v) is 10.1. The highest BCUT2D eigenvalue weighted by Crippen LogP contribution is 2.59. The van der Waals surface area contributed by atoms with E-state index < -0.39 is 0 Å². The molecule has 0 N–H and O–H groups in total. The first-order chi connectivity index (χ1) is 11.7. The normalized spacial score (nSPS) is 17.8. The Morgan fingerprint density at radius 3 is 2.62 bits per heavy atom. The largest absolute Gasteiger partial charge is 0.259 e. The minimum Gasteiger partial charge on any atom is -0.259 e. The average molecular weight is 391 g/mol. The van der Waals surface area contributed by atoms with E-state index in [1.165, 1.54) is 23.2 Å². The summed E-state index contributed by atoms with van der Waals surface area (Å²) in [6.07, 6.45) is 3.64. The Morgan fingerprint density at radius 2 is 1.88 bits per heavy atom. The van der Waals surface area contributed by atoms with Gasteiger partial charge in [-0.15, -0.1) is 5.10 Å². The third-order valence-electron chi connectivity index (χ3n) is 3.54. The van der Waals surface area contributed by atoms with E-state index in [0.29, 0.717) is 6.54 Å². The van der Waals surface area contributed by atoms with Gasteiger partial charge in [0.2, 0.25) is 0 Å². The van der Waals surface area contributed by atoms with Gasteiger partial charge in [-0.1, -0.05) is 58.3 Å². The fourth-order valence-corrected chi connectivity index (χ4v) is 7.33. The van der Waals surface area contributed by atoms with Crippen molar-refractivity contribution in [1.82, 2.24) is 20.0 Å². The number of thioether (sulfide) groups is 4. The number of hydrogen-bond acceptors (Lipinski definition) is 7. The van der Waals surface area contributed by atoms with Crippen molar-refractivity contribution >= 4 is 52.0 Å². The van der Waals surface area contributed by atoms with Crippen molar-refractivity contribution in [3.05, 3.63) is 65.7 Å². The fraction of sp³-hybridized carbons (Fsp3) is 0.188. The van der Waals surface area contributed by atoms with E-state index in [2.05, 4.69) is 34.6 Å². The molecule has 2 aliphatic rings. The van der Waals surface area contributed by atoms with Crippen molar-refractivity contribution in [3.8, 4) is 0 Å². The number of aromatic nitrogens is 4. The minimum absolute atomic E-state index is 0.633. The predicted molar refractivity (Wildman–Crippen MR) is 107 cm³/mol. The Hall–Kier alpha value is -1.09. The summed E-state index contributed by atoms with van der Waals surface area (Å²) in [7, 11) is 0. The Morgan fingerprint density at radius 1 is 1.04 bits per heavy atom. The van der Waals surface area contributed by atoms with E-state index in [1.807, 2.05) is 64.4 Å². The Bertz CT molecular complexity index is 851. The Balaban J connectivity index is 1.53. The van der Waals surface area contributed by atoms with Gasteiger partial charge in [0, 0.05) is 11.1 Å². The number of hydrogen-bond donors (Lipinski definition) is 0. The monoisotopic (exact) mass is 390 g/mol. The lowest BCUT2D eigenvalue weighted by Crippen LogP contribution is -2.06. The van der Waals surface area contributed by atoms with Crippen LogP contribution in [-0.2, 0) is 6.54 Å². The second kappa shape index (κ2) is 7.03. The van der Waals surface area contributed by atoms with Gasteiger partial charge in [0.25, 0.3) is 0 Å². The molecule has 4 heterocycles. The molecule has 2 aromatic rings. The van der Waals surface area contributed by atoms with Crippen LogP contribution in [0.25, 0.3) is 4.91 Å². The van der Waals surface area contributed by atoms with Crippen LogP contribution in [0.5, 0.6) is 0 Å². The van der Waals surface area contributed by atoms with Crippen LogP contribution in [0.4, 0.5) is 0 Å². The van der Waals surface area contributed by atoms with E-state index in [9.17, 15) is 0 Å². The lowest BCUT2D eigenvalue weighted by atomic mass is 10.3. The van der Waals surface area contributed by atoms with Crippen molar-refractivity contribution in [2.75, 3.05) is 0 Å². The summed E-state index contributed by atoms with van der Waals surface area (Å²) in [5.41, 5.74) is 2.03. The van der Waals surface area contributed by atoms with Gasteiger partial charge in [0.1, 0.15) is 0 Å². The molecular formula is C16H14N4S4. The average Bonchev–Trinajstić information content (AvgIpc) is 3.29. The Labute approximate surface area is 157 Å². The summed E-state index contributed by atoms with van der Waals surface area (Å²) >= 11 is 7.35. The first-order valence-electron chi connectivity index (χ1n) is 7.31. The zero-order chi connectivity index (χ0) is 16.5. The summed E-state index contributed by atoms with van der Waals surface area (Å²) in [6.45, 7) is 5.00. The van der Waals surface area contributed by atoms with E-state index in [0.717, 1.165) is 11.4 Å². The molecule has 4 nitrogen and oxygen atoms in total. The van der Waals surface area contributed by atoms with E-state index >= 15 is 0 Å². The fourth-order valence-electron chi connectivity index (χ4n) is 2.19. The number of rotatable bonds is 3. The molecule has 0 spiro atoms. The molecule has 2 aromatic heterocycles. The SMILES string of the molecule is CC1=C(C)SC(=C2SC=C(c3cnnn3Cc3ccccn3)S2)S1. The van der Waals surface area contributed by atoms with Crippen LogP contribution in [0.3, 0.4) is 0 Å². The summed E-state index contributed by atoms with van der Waals surface area (Å²) in [6, 6.07) is 5.92. The highest BCUT2D eigenvalue weighted by molar-refractivity contribution is 8.35. The van der Waals surface area contributed by atoms with Crippen LogP contribution in [0.15, 0.2) is 54.3 Å². The lowest BCUT2D eigenvalue weighted by Gasteiger charge is -2.06. The van der Waals surface area contributed by atoms with Crippen LogP contribution in [0.1, 0.15) is 25.2 Å². The van der Waals surface area contributed by atoms with E-state index in [4.69, 9.17) is 0 Å². The molecule has 122 valence electrons. The molecule has 8 heteroatoms. The second-order valence-electron chi connectivity index (χ2n) is 5.19. The quantitative estimate of drug-likeness (QED) is 0.699. The van der Waals surface area contributed by atoms with Crippen molar-refractivity contribution < 1.29 is 0 Å². The molecule has 0 aliphatic carbocycles. The smallest absolute Gasteiger partial charge is 0.0962 e. The summed E-state index contributed by atoms with van der Waals surface area (Å²) in [5, 5.41) is 10.5. The molecule has 0 saturated heterocycles. The third kappa shape index (κ3) is 3.33. The molecule has 0 bridgehead atoms. The van der Waals surface area contributed by atoms with Gasteiger partial charge in [-0.3, -0.25) is 4.98 Å². The standard InChI is InChI=1S/C16H14N4S4/c1-10-11(2)23-16(22-10)15-21-9-14(24-15)13-7-18-19-20(13)8-12-5-3-4-6-17-12/h3-7,9H,8H2,1-2H3. The predicted octanol–water partition coefficient (Wildman–Crippen LogP) is 5.36. The maximum absolute atomic E-state index is 4.37. The lowest BCUT2D eigenvalue weighted by molar-refractivity contribution is 0.633. The van der Waals surface area contributed by atoms with Crippen LogP contribution in [-0.4, -0.2) is 20.0 Å². The summed E-state index contributed by atoms with van der Waals surface area (Å²) in [5.74, 6) is 0. The molecule has 0 unspecified atom stereocenters. The van der Waals surface area contributed by atoms with Gasteiger partial charge >= 0.3 is 0 Å². The first kappa shape index (κ1) is 16.4. The molecule has 0 aromatic carbocycles. The molecule has 0 amide bonds. The molecule has 0 atom stereocenters.